The standard InChI is InChI=1S/C21H21ClN2O4/c1-4-13(2)28-20-18(22)10-14(11-19(20)27-3)9-15(12-23)21(26)24-16-5-7-17(25)8-6-16/h5-11,13,25H,4H2,1-3H3,(H,24,26)/b15-9-/t13-/m0/s1. The van der Waals surface area contributed by atoms with Crippen LogP contribution in [0.4, 0.5) is 5.69 Å². The molecule has 28 heavy (non-hydrogen) atoms. The highest BCUT2D eigenvalue weighted by molar-refractivity contribution is 6.32. The molecule has 0 radical (unpaired) electrons. The Morgan fingerprint density at radius 2 is 2.04 bits per heavy atom. The molecule has 2 N–H and O–H groups in total. The van der Waals surface area contributed by atoms with E-state index in [2.05, 4.69) is 5.32 Å². The van der Waals surface area contributed by atoms with Gasteiger partial charge in [0.1, 0.15) is 17.4 Å². The second-order valence-corrected chi connectivity index (χ2v) is 6.45. The van der Waals surface area contributed by atoms with Gasteiger partial charge in [0.05, 0.1) is 18.2 Å². The molecule has 1 amide bonds. The molecule has 0 aliphatic heterocycles. The van der Waals surface area contributed by atoms with E-state index in [1.54, 1.807) is 12.1 Å². The summed E-state index contributed by atoms with van der Waals surface area (Å²) < 4.78 is 11.1. The molecular weight excluding hydrogens is 380 g/mol. The highest BCUT2D eigenvalue weighted by Gasteiger charge is 2.16. The Kier molecular flexibility index (Phi) is 7.30. The Morgan fingerprint density at radius 3 is 2.61 bits per heavy atom. The molecule has 0 spiro atoms. The van der Waals surface area contributed by atoms with Crippen LogP contribution in [-0.2, 0) is 4.79 Å². The summed E-state index contributed by atoms with van der Waals surface area (Å²) in [6, 6.07) is 11.1. The first-order chi connectivity index (χ1) is 13.4. The van der Waals surface area contributed by atoms with E-state index in [-0.39, 0.29) is 17.4 Å². The SMILES string of the molecule is CC[C@H](C)Oc1c(Cl)cc(/C=C(/C#N)C(=O)Nc2ccc(O)cc2)cc1OC. The summed E-state index contributed by atoms with van der Waals surface area (Å²) in [7, 11) is 1.49. The zero-order valence-corrected chi connectivity index (χ0v) is 16.6. The average molecular weight is 401 g/mol. The van der Waals surface area contributed by atoms with Gasteiger partial charge in [-0.25, -0.2) is 0 Å². The van der Waals surface area contributed by atoms with Crippen LogP contribution in [0.25, 0.3) is 6.08 Å². The largest absolute Gasteiger partial charge is 0.508 e. The number of benzene rings is 2. The molecule has 0 heterocycles. The minimum absolute atomic E-state index is 0.0430. The van der Waals surface area contributed by atoms with Gasteiger partial charge in [0.25, 0.3) is 5.91 Å². The van der Waals surface area contributed by atoms with E-state index in [9.17, 15) is 15.2 Å². The highest BCUT2D eigenvalue weighted by Crippen LogP contribution is 2.38. The summed E-state index contributed by atoms with van der Waals surface area (Å²) in [6.45, 7) is 3.92. The van der Waals surface area contributed by atoms with Crippen LogP contribution >= 0.6 is 11.6 Å². The lowest BCUT2D eigenvalue weighted by Crippen LogP contribution is -2.13. The van der Waals surface area contributed by atoms with E-state index >= 15 is 0 Å². The number of methoxy groups -OCH3 is 1. The van der Waals surface area contributed by atoms with Crippen molar-refractivity contribution in [1.82, 2.24) is 0 Å². The average Bonchev–Trinajstić information content (AvgIpc) is 2.69. The predicted molar refractivity (Wildman–Crippen MR) is 109 cm³/mol. The van der Waals surface area contributed by atoms with Crippen molar-refractivity contribution in [3.8, 4) is 23.3 Å². The Labute approximate surface area is 169 Å². The summed E-state index contributed by atoms with van der Waals surface area (Å²) in [5.74, 6) is 0.330. The normalized spacial score (nSPS) is 12.0. The van der Waals surface area contributed by atoms with Crippen molar-refractivity contribution < 1.29 is 19.4 Å². The number of aromatic hydroxyl groups is 1. The number of hydrogen-bond donors (Lipinski definition) is 2. The number of phenols is 1. The fourth-order valence-electron chi connectivity index (χ4n) is 2.28. The predicted octanol–water partition coefficient (Wildman–Crippen LogP) is 4.78. The summed E-state index contributed by atoms with van der Waals surface area (Å²) in [5, 5.41) is 21.6. The minimum Gasteiger partial charge on any atom is -0.508 e. The Hall–Kier alpha value is -3.17. The number of nitriles is 1. The monoisotopic (exact) mass is 400 g/mol. The topological polar surface area (TPSA) is 91.6 Å². The zero-order chi connectivity index (χ0) is 20.7. The van der Waals surface area contributed by atoms with Crippen molar-refractivity contribution >= 4 is 29.3 Å². The van der Waals surface area contributed by atoms with Gasteiger partial charge in [0, 0.05) is 5.69 Å². The molecule has 0 fully saturated rings. The Morgan fingerprint density at radius 1 is 1.36 bits per heavy atom. The molecule has 0 saturated heterocycles. The number of carbonyl (C=O) groups excluding carboxylic acids is 1. The van der Waals surface area contributed by atoms with E-state index in [0.29, 0.717) is 27.8 Å². The van der Waals surface area contributed by atoms with Crippen LogP contribution in [0.5, 0.6) is 17.2 Å². The number of anilines is 1. The Bertz CT molecular complexity index is 917. The van der Waals surface area contributed by atoms with Crippen LogP contribution in [0.1, 0.15) is 25.8 Å². The maximum absolute atomic E-state index is 12.4. The van der Waals surface area contributed by atoms with Gasteiger partial charge in [-0.15, -0.1) is 0 Å². The first-order valence-electron chi connectivity index (χ1n) is 8.64. The lowest BCUT2D eigenvalue weighted by Gasteiger charge is -2.17. The molecule has 0 aromatic heterocycles. The van der Waals surface area contributed by atoms with Crippen LogP contribution in [0.15, 0.2) is 42.0 Å². The number of ether oxygens (including phenoxy) is 2. The Balaban J connectivity index is 2.30. The number of carbonyl (C=O) groups is 1. The van der Waals surface area contributed by atoms with Crippen molar-refractivity contribution in [2.45, 2.75) is 26.4 Å². The molecule has 7 heteroatoms. The van der Waals surface area contributed by atoms with Crippen LogP contribution < -0.4 is 14.8 Å². The third-order valence-electron chi connectivity index (χ3n) is 3.95. The van der Waals surface area contributed by atoms with E-state index in [1.807, 2.05) is 19.9 Å². The first-order valence-corrected chi connectivity index (χ1v) is 9.02. The van der Waals surface area contributed by atoms with Crippen molar-refractivity contribution in [3.63, 3.8) is 0 Å². The molecule has 0 saturated carbocycles. The molecule has 0 aliphatic rings. The molecular formula is C21H21ClN2O4. The van der Waals surface area contributed by atoms with Gasteiger partial charge in [-0.05, 0) is 61.4 Å². The number of hydrogen-bond acceptors (Lipinski definition) is 5. The van der Waals surface area contributed by atoms with E-state index in [4.69, 9.17) is 21.1 Å². The van der Waals surface area contributed by atoms with Gasteiger partial charge >= 0.3 is 0 Å². The second-order valence-electron chi connectivity index (χ2n) is 6.04. The van der Waals surface area contributed by atoms with Gasteiger partial charge in [0.15, 0.2) is 11.5 Å². The minimum atomic E-state index is -0.580. The molecule has 1 atom stereocenters. The van der Waals surface area contributed by atoms with E-state index in [1.165, 1.54) is 37.5 Å². The number of nitrogens with zero attached hydrogens (tertiary/aromatic N) is 1. The smallest absolute Gasteiger partial charge is 0.266 e. The van der Waals surface area contributed by atoms with E-state index < -0.39 is 5.91 Å². The first kappa shape index (κ1) is 21.1. The van der Waals surface area contributed by atoms with Gasteiger partial charge in [0.2, 0.25) is 0 Å². The van der Waals surface area contributed by atoms with Crippen LogP contribution in [-0.4, -0.2) is 24.2 Å². The fraction of sp³-hybridized carbons (Fsp3) is 0.238. The van der Waals surface area contributed by atoms with Crippen molar-refractivity contribution in [2.24, 2.45) is 0 Å². The molecule has 2 rings (SSSR count). The molecule has 0 bridgehead atoms. The van der Waals surface area contributed by atoms with Gasteiger partial charge in [-0.1, -0.05) is 18.5 Å². The number of halogens is 1. The molecule has 2 aromatic carbocycles. The number of amides is 1. The third kappa shape index (κ3) is 5.41. The summed E-state index contributed by atoms with van der Waals surface area (Å²) in [5.41, 5.74) is 0.870. The van der Waals surface area contributed by atoms with Crippen LogP contribution in [0.3, 0.4) is 0 Å². The molecule has 0 aliphatic carbocycles. The number of rotatable bonds is 7. The molecule has 0 unspecified atom stereocenters. The van der Waals surface area contributed by atoms with Crippen molar-refractivity contribution in [3.05, 3.63) is 52.6 Å². The second kappa shape index (κ2) is 9.67. The maximum atomic E-state index is 12.4. The number of nitrogens with one attached hydrogen (secondary N) is 1. The maximum Gasteiger partial charge on any atom is 0.266 e. The molecule has 6 nitrogen and oxygen atoms in total. The lowest BCUT2D eigenvalue weighted by atomic mass is 10.1. The summed E-state index contributed by atoms with van der Waals surface area (Å²) in [4.78, 5) is 12.4. The quantitative estimate of drug-likeness (QED) is 0.396. The van der Waals surface area contributed by atoms with E-state index in [0.717, 1.165) is 6.42 Å². The van der Waals surface area contributed by atoms with Crippen molar-refractivity contribution in [1.29, 1.82) is 5.26 Å². The van der Waals surface area contributed by atoms with Gasteiger partial charge in [-0.2, -0.15) is 5.26 Å². The third-order valence-corrected chi connectivity index (χ3v) is 4.23. The molecule has 146 valence electrons. The summed E-state index contributed by atoms with van der Waals surface area (Å²) >= 11 is 6.32. The summed E-state index contributed by atoms with van der Waals surface area (Å²) in [6.07, 6.45) is 2.17. The van der Waals surface area contributed by atoms with Crippen LogP contribution in [0, 0.1) is 11.3 Å². The zero-order valence-electron chi connectivity index (χ0n) is 15.8. The van der Waals surface area contributed by atoms with Gasteiger partial charge < -0.3 is 19.9 Å². The van der Waals surface area contributed by atoms with Crippen LogP contribution in [0.2, 0.25) is 5.02 Å². The van der Waals surface area contributed by atoms with Crippen molar-refractivity contribution in [2.75, 3.05) is 12.4 Å². The van der Waals surface area contributed by atoms with Gasteiger partial charge in [-0.3, -0.25) is 4.79 Å². The highest BCUT2D eigenvalue weighted by atomic mass is 35.5. The lowest BCUT2D eigenvalue weighted by molar-refractivity contribution is -0.112. The molecule has 2 aromatic rings. The number of phenolic OH excluding ortho intramolecular Hbond substituents is 1. The fourth-order valence-corrected chi connectivity index (χ4v) is 2.54.